The summed E-state index contributed by atoms with van der Waals surface area (Å²) in [5.41, 5.74) is 7.14. The van der Waals surface area contributed by atoms with Crippen LogP contribution in [0, 0.1) is 6.92 Å². The molecule has 1 atom stereocenters. The van der Waals surface area contributed by atoms with Crippen molar-refractivity contribution < 1.29 is 0 Å². The van der Waals surface area contributed by atoms with Crippen molar-refractivity contribution in [2.24, 2.45) is 0 Å². The Bertz CT molecular complexity index is 663. The van der Waals surface area contributed by atoms with Gasteiger partial charge in [0.2, 0.25) is 0 Å². The molecule has 0 saturated heterocycles. The van der Waals surface area contributed by atoms with Crippen molar-refractivity contribution in [2.45, 2.75) is 25.8 Å². The number of benzene rings is 1. The molecule has 92 valence electrons. The molecule has 0 radical (unpaired) electrons. The molecular formula is C16H18N2. The highest BCUT2D eigenvalue weighted by Crippen LogP contribution is 2.40. The van der Waals surface area contributed by atoms with Gasteiger partial charge in [0.1, 0.15) is 0 Å². The molecule has 0 saturated carbocycles. The molecule has 2 nitrogen and oxygen atoms in total. The average molecular weight is 238 g/mol. The number of rotatable bonds is 0. The van der Waals surface area contributed by atoms with Gasteiger partial charge in [0.25, 0.3) is 0 Å². The van der Waals surface area contributed by atoms with Crippen LogP contribution in [0.4, 0.5) is 0 Å². The quantitative estimate of drug-likeness (QED) is 0.747. The molecule has 2 heterocycles. The number of hydrogen-bond donors (Lipinski definition) is 1. The van der Waals surface area contributed by atoms with Gasteiger partial charge in [-0.2, -0.15) is 0 Å². The Morgan fingerprint density at radius 2 is 2.22 bits per heavy atom. The first kappa shape index (κ1) is 10.4. The van der Waals surface area contributed by atoms with E-state index in [-0.39, 0.29) is 0 Å². The lowest BCUT2D eigenvalue weighted by atomic mass is 9.81. The van der Waals surface area contributed by atoms with Crippen LogP contribution >= 0.6 is 0 Å². The predicted octanol–water partition coefficient (Wildman–Crippen LogP) is 3.12. The van der Waals surface area contributed by atoms with Crippen molar-refractivity contribution in [3.05, 3.63) is 41.1 Å². The minimum Gasteiger partial charge on any atom is -0.361 e. The Hall–Kier alpha value is -1.54. The predicted molar refractivity (Wildman–Crippen MR) is 75.8 cm³/mol. The fourth-order valence-corrected chi connectivity index (χ4v) is 3.59. The summed E-state index contributed by atoms with van der Waals surface area (Å²) < 4.78 is 0. The lowest BCUT2D eigenvalue weighted by molar-refractivity contribution is 0.282. The second-order valence-corrected chi connectivity index (χ2v) is 5.70. The van der Waals surface area contributed by atoms with E-state index in [1.807, 2.05) is 0 Å². The maximum Gasteiger partial charge on any atom is 0.0465 e. The minimum atomic E-state index is 0.576. The highest BCUT2D eigenvalue weighted by Gasteiger charge is 2.30. The summed E-state index contributed by atoms with van der Waals surface area (Å²) in [6.07, 6.45) is 6.98. The summed E-state index contributed by atoms with van der Waals surface area (Å²) in [4.78, 5) is 5.94. The van der Waals surface area contributed by atoms with E-state index in [2.05, 4.69) is 48.3 Å². The van der Waals surface area contributed by atoms with Crippen LogP contribution in [0.15, 0.2) is 24.4 Å². The molecule has 1 aromatic carbocycles. The van der Waals surface area contributed by atoms with Crippen LogP contribution in [-0.4, -0.2) is 29.5 Å². The first-order valence-electron chi connectivity index (χ1n) is 6.75. The zero-order valence-corrected chi connectivity index (χ0v) is 11.0. The van der Waals surface area contributed by atoms with Crippen molar-refractivity contribution in [1.29, 1.82) is 0 Å². The fraction of sp³-hybridized carbons (Fsp3) is 0.375. The van der Waals surface area contributed by atoms with E-state index in [9.17, 15) is 0 Å². The molecule has 2 aromatic rings. The van der Waals surface area contributed by atoms with Crippen LogP contribution in [-0.2, 0) is 6.42 Å². The molecule has 0 spiro atoms. The summed E-state index contributed by atoms with van der Waals surface area (Å²) in [6, 6.07) is 5.19. The molecular weight excluding hydrogens is 220 g/mol. The van der Waals surface area contributed by atoms with Crippen LogP contribution < -0.4 is 0 Å². The number of likely N-dealkylation sites (N-methyl/N-ethyl adjacent to an activating group) is 1. The third-order valence-electron chi connectivity index (χ3n) is 4.47. The molecule has 1 N–H and O–H groups in total. The topological polar surface area (TPSA) is 19.0 Å². The van der Waals surface area contributed by atoms with E-state index in [1.165, 1.54) is 40.6 Å². The van der Waals surface area contributed by atoms with Gasteiger partial charge in [0, 0.05) is 29.7 Å². The van der Waals surface area contributed by atoms with E-state index < -0.39 is 0 Å². The summed E-state index contributed by atoms with van der Waals surface area (Å²) >= 11 is 0. The fourth-order valence-electron chi connectivity index (χ4n) is 3.59. The molecule has 1 aliphatic heterocycles. The van der Waals surface area contributed by atoms with Gasteiger partial charge in [-0.3, -0.25) is 4.90 Å². The highest BCUT2D eigenvalue weighted by molar-refractivity contribution is 5.98. The van der Waals surface area contributed by atoms with Gasteiger partial charge in [-0.15, -0.1) is 0 Å². The number of H-pyrrole nitrogens is 1. The lowest BCUT2D eigenvalue weighted by Gasteiger charge is -2.37. The van der Waals surface area contributed by atoms with Gasteiger partial charge in [-0.05, 0) is 55.1 Å². The van der Waals surface area contributed by atoms with Crippen LogP contribution in [0.5, 0.6) is 0 Å². The lowest BCUT2D eigenvalue weighted by Crippen LogP contribution is -2.39. The van der Waals surface area contributed by atoms with E-state index >= 15 is 0 Å². The summed E-state index contributed by atoms with van der Waals surface area (Å²) in [6.45, 7) is 3.37. The van der Waals surface area contributed by atoms with Gasteiger partial charge in [0.15, 0.2) is 0 Å². The van der Waals surface area contributed by atoms with Gasteiger partial charge in [-0.1, -0.05) is 12.1 Å². The maximum atomic E-state index is 3.44. The van der Waals surface area contributed by atoms with Crippen LogP contribution in [0.25, 0.3) is 16.5 Å². The van der Waals surface area contributed by atoms with Crippen molar-refractivity contribution in [3.63, 3.8) is 0 Å². The molecule has 18 heavy (non-hydrogen) atoms. The normalized spacial score (nSPS) is 23.0. The van der Waals surface area contributed by atoms with E-state index in [0.29, 0.717) is 6.04 Å². The Morgan fingerprint density at radius 3 is 3.11 bits per heavy atom. The largest absolute Gasteiger partial charge is 0.361 e. The average Bonchev–Trinajstić information content (AvgIpc) is 2.75. The van der Waals surface area contributed by atoms with Crippen molar-refractivity contribution in [3.8, 4) is 0 Å². The van der Waals surface area contributed by atoms with Gasteiger partial charge in [0.05, 0.1) is 0 Å². The Balaban J connectivity index is 2.05. The summed E-state index contributed by atoms with van der Waals surface area (Å²) in [7, 11) is 2.25. The third kappa shape index (κ3) is 1.27. The number of aryl methyl sites for hydroxylation is 1. The van der Waals surface area contributed by atoms with Crippen LogP contribution in [0.1, 0.15) is 23.1 Å². The number of fused-ring (bicyclic) bond motifs is 2. The standard InChI is InChI=1S/C16H18N2/c1-10-6-13-12-4-3-5-18(2)15(12)8-11-9-17-14(7-10)16(11)13/h4,6-7,9,15,17H,3,5,8H2,1-2H3/t15-/m1/s1. The number of nitrogens with zero attached hydrogens (tertiary/aromatic N) is 1. The Kier molecular flexibility index (Phi) is 2.01. The molecule has 0 unspecified atom stereocenters. The number of nitrogens with one attached hydrogen (secondary N) is 1. The second kappa shape index (κ2) is 3.48. The van der Waals surface area contributed by atoms with Crippen LogP contribution in [0.3, 0.4) is 0 Å². The zero-order chi connectivity index (χ0) is 12.3. The minimum absolute atomic E-state index is 0.576. The molecule has 1 aliphatic carbocycles. The molecule has 2 heteroatoms. The Morgan fingerprint density at radius 1 is 1.33 bits per heavy atom. The first-order valence-corrected chi connectivity index (χ1v) is 6.75. The van der Waals surface area contributed by atoms with Crippen molar-refractivity contribution in [1.82, 2.24) is 9.88 Å². The molecule has 2 aliphatic rings. The van der Waals surface area contributed by atoms with E-state index in [0.717, 1.165) is 6.42 Å². The first-order chi connectivity index (χ1) is 8.74. The third-order valence-corrected chi connectivity index (χ3v) is 4.47. The molecule has 0 bridgehead atoms. The van der Waals surface area contributed by atoms with E-state index in [4.69, 9.17) is 0 Å². The SMILES string of the molecule is Cc1cc2c3c(c[nH]c3c1)C[C@@H]1C2=CCCN1C. The number of aromatic nitrogens is 1. The van der Waals surface area contributed by atoms with Crippen molar-refractivity contribution >= 4 is 16.5 Å². The smallest absolute Gasteiger partial charge is 0.0465 e. The maximum absolute atomic E-state index is 3.44. The molecule has 0 fully saturated rings. The monoisotopic (exact) mass is 238 g/mol. The molecule has 1 aromatic heterocycles. The van der Waals surface area contributed by atoms with Gasteiger partial charge in [-0.25, -0.2) is 0 Å². The second-order valence-electron chi connectivity index (χ2n) is 5.70. The Labute approximate surface area is 107 Å². The summed E-state index contributed by atoms with van der Waals surface area (Å²) in [5.74, 6) is 0. The molecule has 4 rings (SSSR count). The van der Waals surface area contributed by atoms with Gasteiger partial charge >= 0.3 is 0 Å². The number of aromatic amines is 1. The summed E-state index contributed by atoms with van der Waals surface area (Å²) in [5, 5.41) is 1.46. The van der Waals surface area contributed by atoms with E-state index in [1.54, 1.807) is 5.57 Å². The van der Waals surface area contributed by atoms with Gasteiger partial charge < -0.3 is 4.98 Å². The molecule has 0 amide bonds. The van der Waals surface area contributed by atoms with Crippen LogP contribution in [0.2, 0.25) is 0 Å². The number of hydrogen-bond acceptors (Lipinski definition) is 1. The highest BCUT2D eigenvalue weighted by atomic mass is 15.1. The zero-order valence-electron chi connectivity index (χ0n) is 11.0. The van der Waals surface area contributed by atoms with Crippen molar-refractivity contribution in [2.75, 3.05) is 13.6 Å².